The number of alkyl halides is 5. The van der Waals surface area contributed by atoms with Crippen LogP contribution in [-0.2, 0) is 12.7 Å². The number of hydrogen-bond donors (Lipinski definition) is 2. The topological polar surface area (TPSA) is 64.9 Å². The number of carbonyl (C=O) groups excluding carboxylic acids is 1. The fraction of sp³-hybridized carbons (Fsp3) is 0.583. The van der Waals surface area contributed by atoms with E-state index in [2.05, 4.69) is 10.3 Å². The number of likely N-dealkylation sites (tertiary alicyclic amines) is 1. The van der Waals surface area contributed by atoms with Crippen molar-refractivity contribution in [1.82, 2.24) is 10.2 Å². The molecule has 1 aromatic rings. The molecular formula is C24H28F5N3O2S. The lowest BCUT2D eigenvalue weighted by Gasteiger charge is -2.34. The Morgan fingerprint density at radius 1 is 1.26 bits per heavy atom. The van der Waals surface area contributed by atoms with E-state index in [4.69, 9.17) is 0 Å². The number of amidine groups is 1. The second-order valence-corrected chi connectivity index (χ2v) is 10.5. The van der Waals surface area contributed by atoms with E-state index in [1.807, 2.05) is 11.0 Å². The van der Waals surface area contributed by atoms with Crippen LogP contribution in [0.1, 0.15) is 48.8 Å². The van der Waals surface area contributed by atoms with Crippen LogP contribution in [0.15, 0.2) is 34.2 Å². The van der Waals surface area contributed by atoms with Crippen LogP contribution in [0, 0.1) is 12.8 Å². The Balaban J connectivity index is 1.37. The minimum Gasteiger partial charge on any atom is -0.391 e. The molecule has 0 aromatic heterocycles. The molecule has 192 valence electrons. The highest BCUT2D eigenvalue weighted by Crippen LogP contribution is 2.36. The molecular weight excluding hydrogens is 489 g/mol. The van der Waals surface area contributed by atoms with Crippen LogP contribution in [0.3, 0.4) is 0 Å². The number of amides is 1. The SMILES string of the molecule is Cc1ccc(CN2CCC(/C=C3\SC(=O)N=C3N[C@H]3CC(F)(F)CC[C@@H]3O)CC2)c(C(F)(F)F)c1. The molecule has 2 aliphatic heterocycles. The van der Waals surface area contributed by atoms with Gasteiger partial charge in [-0.3, -0.25) is 9.69 Å². The lowest BCUT2D eigenvalue weighted by molar-refractivity contribution is -0.138. The maximum atomic E-state index is 13.8. The van der Waals surface area contributed by atoms with Crippen LogP contribution in [0.5, 0.6) is 0 Å². The standard InChI is InChI=1S/C24H28F5N3O2S/c1-14-2-3-16(17(10-14)24(27,28)29)13-32-8-5-15(6-9-32)11-20-21(31-22(34)35-20)30-18-12-23(25,26)7-4-19(18)33/h2-3,10-11,15,18-19,33H,4-9,12-13H2,1H3,(H,30,31,34)/b20-11-/t18-,19-/m0/s1. The molecule has 1 saturated heterocycles. The average Bonchev–Trinajstić information content (AvgIpc) is 3.11. The van der Waals surface area contributed by atoms with Gasteiger partial charge in [-0.25, -0.2) is 8.78 Å². The number of aliphatic hydroxyl groups is 1. The first-order chi connectivity index (χ1) is 16.4. The summed E-state index contributed by atoms with van der Waals surface area (Å²) in [5, 5.41) is 12.5. The molecule has 35 heavy (non-hydrogen) atoms. The second kappa shape index (κ2) is 10.2. The largest absolute Gasteiger partial charge is 0.416 e. The van der Waals surface area contributed by atoms with Crippen molar-refractivity contribution < 1.29 is 31.9 Å². The first-order valence-corrected chi connectivity index (χ1v) is 12.5. The maximum Gasteiger partial charge on any atom is 0.416 e. The van der Waals surface area contributed by atoms with Crippen molar-refractivity contribution in [2.75, 3.05) is 13.1 Å². The number of allylic oxidation sites excluding steroid dienone is 1. The lowest BCUT2D eigenvalue weighted by atomic mass is 9.89. The van der Waals surface area contributed by atoms with Crippen LogP contribution in [0.4, 0.5) is 26.7 Å². The number of aliphatic imine (C=N–C) groups is 1. The summed E-state index contributed by atoms with van der Waals surface area (Å²) in [4.78, 5) is 18.4. The molecule has 1 aromatic carbocycles. The van der Waals surface area contributed by atoms with Crippen molar-refractivity contribution in [2.24, 2.45) is 10.9 Å². The summed E-state index contributed by atoms with van der Waals surface area (Å²) in [6.45, 7) is 3.02. The van der Waals surface area contributed by atoms with Crippen LogP contribution >= 0.6 is 11.8 Å². The Morgan fingerprint density at radius 2 is 1.97 bits per heavy atom. The summed E-state index contributed by atoms with van der Waals surface area (Å²) in [5.41, 5.74) is 0.203. The van der Waals surface area contributed by atoms with Crippen molar-refractivity contribution in [1.29, 1.82) is 0 Å². The van der Waals surface area contributed by atoms with Crippen molar-refractivity contribution in [2.45, 2.75) is 69.8 Å². The zero-order chi connectivity index (χ0) is 25.4. The Labute approximate surface area is 204 Å². The van der Waals surface area contributed by atoms with E-state index in [0.29, 0.717) is 36.4 Å². The molecule has 2 atom stereocenters. The molecule has 0 radical (unpaired) electrons. The Bertz CT molecular complexity index is 1020. The number of benzene rings is 1. The Morgan fingerprint density at radius 3 is 2.66 bits per heavy atom. The number of carbonyl (C=O) groups is 1. The van der Waals surface area contributed by atoms with Crippen LogP contribution in [-0.4, -0.2) is 52.2 Å². The Kier molecular flexibility index (Phi) is 7.59. The molecule has 11 heteroatoms. The first-order valence-electron chi connectivity index (χ1n) is 11.6. The fourth-order valence-corrected chi connectivity index (χ4v) is 5.58. The van der Waals surface area contributed by atoms with Gasteiger partial charge in [-0.2, -0.15) is 18.2 Å². The predicted octanol–water partition coefficient (Wildman–Crippen LogP) is 5.51. The molecule has 2 N–H and O–H groups in total. The highest BCUT2D eigenvalue weighted by molar-refractivity contribution is 8.18. The second-order valence-electron chi connectivity index (χ2n) is 9.55. The van der Waals surface area contributed by atoms with Crippen LogP contribution in [0.25, 0.3) is 0 Å². The summed E-state index contributed by atoms with van der Waals surface area (Å²) in [7, 11) is 0. The minimum absolute atomic E-state index is 0.0341. The molecule has 0 unspecified atom stereocenters. The summed E-state index contributed by atoms with van der Waals surface area (Å²) in [5.74, 6) is -2.60. The van der Waals surface area contributed by atoms with Crippen molar-refractivity contribution in [3.8, 4) is 0 Å². The van der Waals surface area contributed by atoms with Crippen LogP contribution < -0.4 is 5.32 Å². The average molecular weight is 518 g/mol. The molecule has 0 spiro atoms. The summed E-state index contributed by atoms with van der Waals surface area (Å²) < 4.78 is 67.9. The smallest absolute Gasteiger partial charge is 0.391 e. The predicted molar refractivity (Wildman–Crippen MR) is 124 cm³/mol. The zero-order valence-electron chi connectivity index (χ0n) is 19.2. The molecule has 2 heterocycles. The minimum atomic E-state index is -4.41. The van der Waals surface area contributed by atoms with Gasteiger partial charge < -0.3 is 10.4 Å². The van der Waals surface area contributed by atoms with Gasteiger partial charge in [0.1, 0.15) is 5.84 Å². The molecule has 1 amide bonds. The van der Waals surface area contributed by atoms with Crippen molar-refractivity contribution in [3.05, 3.63) is 45.9 Å². The number of thioether (sulfide) groups is 1. The van der Waals surface area contributed by atoms with Gasteiger partial charge in [0.25, 0.3) is 0 Å². The zero-order valence-corrected chi connectivity index (χ0v) is 20.1. The third-order valence-corrected chi connectivity index (χ3v) is 7.54. The van der Waals surface area contributed by atoms with Gasteiger partial charge in [0.15, 0.2) is 0 Å². The number of aryl methyl sites for hydroxylation is 1. The van der Waals surface area contributed by atoms with E-state index in [1.165, 1.54) is 12.1 Å². The molecule has 5 nitrogen and oxygen atoms in total. The van der Waals surface area contributed by atoms with E-state index in [0.717, 1.165) is 11.8 Å². The normalized spacial score (nSPS) is 27.3. The number of aliphatic hydroxyl groups excluding tert-OH is 1. The van der Waals surface area contributed by atoms with Gasteiger partial charge in [0.05, 0.1) is 22.6 Å². The molecule has 4 rings (SSSR count). The van der Waals surface area contributed by atoms with Gasteiger partial charge in [-0.05, 0) is 68.6 Å². The highest BCUT2D eigenvalue weighted by atomic mass is 32.2. The molecule has 1 aliphatic carbocycles. The fourth-order valence-electron chi connectivity index (χ4n) is 4.80. The number of nitrogens with one attached hydrogen (secondary N) is 1. The van der Waals surface area contributed by atoms with Crippen molar-refractivity contribution >= 4 is 22.8 Å². The van der Waals surface area contributed by atoms with E-state index in [1.54, 1.807) is 13.0 Å². The van der Waals surface area contributed by atoms with Crippen LogP contribution in [0.2, 0.25) is 0 Å². The number of halogens is 5. The maximum absolute atomic E-state index is 13.8. The monoisotopic (exact) mass is 517 g/mol. The molecule has 2 fully saturated rings. The van der Waals surface area contributed by atoms with E-state index >= 15 is 0 Å². The molecule has 3 aliphatic rings. The van der Waals surface area contributed by atoms with E-state index in [9.17, 15) is 31.9 Å². The summed E-state index contributed by atoms with van der Waals surface area (Å²) in [6, 6.07) is 3.49. The molecule has 0 bridgehead atoms. The summed E-state index contributed by atoms with van der Waals surface area (Å²) >= 11 is 0.915. The third kappa shape index (κ3) is 6.62. The lowest BCUT2D eigenvalue weighted by Crippen LogP contribution is -2.50. The van der Waals surface area contributed by atoms with E-state index < -0.39 is 41.5 Å². The summed E-state index contributed by atoms with van der Waals surface area (Å²) in [6.07, 6.45) is -3.05. The van der Waals surface area contributed by atoms with Gasteiger partial charge in [-0.15, -0.1) is 0 Å². The van der Waals surface area contributed by atoms with Gasteiger partial charge in [0.2, 0.25) is 5.92 Å². The number of nitrogens with zero attached hydrogens (tertiary/aromatic N) is 2. The first kappa shape index (κ1) is 26.1. The number of rotatable bonds is 4. The number of hydrogen-bond acceptors (Lipinski definition) is 5. The Hall–Kier alpha value is -1.98. The number of piperidine rings is 1. The van der Waals surface area contributed by atoms with Crippen molar-refractivity contribution in [3.63, 3.8) is 0 Å². The molecule has 1 saturated carbocycles. The third-order valence-electron chi connectivity index (χ3n) is 6.73. The van der Waals surface area contributed by atoms with Gasteiger partial charge >= 0.3 is 11.4 Å². The van der Waals surface area contributed by atoms with Gasteiger partial charge in [-0.1, -0.05) is 23.8 Å². The quantitative estimate of drug-likeness (QED) is 0.516. The highest BCUT2D eigenvalue weighted by Gasteiger charge is 2.42. The van der Waals surface area contributed by atoms with Gasteiger partial charge in [0, 0.05) is 19.4 Å². The van der Waals surface area contributed by atoms with E-state index in [-0.39, 0.29) is 36.7 Å².